The van der Waals surface area contributed by atoms with Crippen LogP contribution in [0.3, 0.4) is 0 Å². The van der Waals surface area contributed by atoms with Crippen molar-refractivity contribution < 1.29 is 13.9 Å². The average Bonchev–Trinajstić information content (AvgIpc) is 2.82. The van der Waals surface area contributed by atoms with Gasteiger partial charge in [0.2, 0.25) is 5.91 Å². The fraction of sp³-hybridized carbons (Fsp3) is 0.385. The normalized spacial score (nSPS) is 19.4. The number of hydrogen-bond donors (Lipinski definition) is 2. The fourth-order valence-electron chi connectivity index (χ4n) is 2.15. The second-order valence-corrected chi connectivity index (χ2v) is 4.44. The first-order chi connectivity index (χ1) is 9.26. The van der Waals surface area contributed by atoms with E-state index in [0.717, 1.165) is 17.8 Å². The number of benzene rings is 1. The maximum absolute atomic E-state index is 11.7. The van der Waals surface area contributed by atoms with E-state index in [-0.39, 0.29) is 11.9 Å². The van der Waals surface area contributed by atoms with Crippen LogP contribution in [-0.2, 0) is 11.2 Å². The van der Waals surface area contributed by atoms with Gasteiger partial charge in [-0.3, -0.25) is 4.79 Å². The number of oxazole rings is 1. The molecule has 1 aromatic heterocycles. The maximum atomic E-state index is 11.7. The first-order valence-corrected chi connectivity index (χ1v) is 6.21. The van der Waals surface area contributed by atoms with Crippen LogP contribution in [0.2, 0.25) is 0 Å². The highest BCUT2D eigenvalue weighted by atomic mass is 16.5. The number of fused-ring (bicyclic) bond motifs is 1. The topological polar surface area (TPSA) is 76.4 Å². The van der Waals surface area contributed by atoms with Gasteiger partial charge in [0, 0.05) is 25.6 Å². The Morgan fingerprint density at radius 3 is 3.16 bits per heavy atom. The van der Waals surface area contributed by atoms with Gasteiger partial charge in [-0.25, -0.2) is 4.98 Å². The van der Waals surface area contributed by atoms with Crippen molar-refractivity contribution in [1.29, 1.82) is 0 Å². The van der Waals surface area contributed by atoms with Crippen LogP contribution in [0.25, 0.3) is 11.1 Å². The summed E-state index contributed by atoms with van der Waals surface area (Å²) in [5.41, 5.74) is 1.44. The number of amides is 1. The van der Waals surface area contributed by atoms with Gasteiger partial charge in [0.1, 0.15) is 11.3 Å². The molecule has 1 fully saturated rings. The molecule has 1 saturated heterocycles. The first-order valence-electron chi connectivity index (χ1n) is 6.21. The van der Waals surface area contributed by atoms with Gasteiger partial charge in [-0.15, -0.1) is 0 Å². The number of rotatable bonds is 3. The van der Waals surface area contributed by atoms with Crippen molar-refractivity contribution in [3.05, 3.63) is 24.1 Å². The summed E-state index contributed by atoms with van der Waals surface area (Å²) in [6.45, 7) is 1.44. The largest absolute Gasteiger partial charge is 0.497 e. The van der Waals surface area contributed by atoms with E-state index in [1.54, 1.807) is 13.2 Å². The van der Waals surface area contributed by atoms with Gasteiger partial charge in [0.15, 0.2) is 11.5 Å². The number of nitrogens with one attached hydrogen (secondary N) is 2. The number of nitrogens with zero attached hydrogens (tertiary/aromatic N) is 1. The van der Waals surface area contributed by atoms with Crippen molar-refractivity contribution in [1.82, 2.24) is 15.6 Å². The molecule has 6 nitrogen and oxygen atoms in total. The molecule has 0 radical (unpaired) electrons. The fourth-order valence-corrected chi connectivity index (χ4v) is 2.15. The summed E-state index contributed by atoms with van der Waals surface area (Å²) in [5, 5.41) is 5.96. The maximum Gasteiger partial charge on any atom is 0.237 e. The average molecular weight is 261 g/mol. The zero-order valence-corrected chi connectivity index (χ0v) is 10.6. The number of piperazine rings is 1. The molecule has 6 heteroatoms. The van der Waals surface area contributed by atoms with Crippen LogP contribution in [0.4, 0.5) is 0 Å². The minimum Gasteiger partial charge on any atom is -0.497 e. The van der Waals surface area contributed by atoms with Crippen molar-refractivity contribution >= 4 is 17.0 Å². The molecule has 2 N–H and O–H groups in total. The number of carbonyl (C=O) groups is 1. The van der Waals surface area contributed by atoms with Gasteiger partial charge in [-0.05, 0) is 12.1 Å². The lowest BCUT2D eigenvalue weighted by atomic mass is 10.1. The van der Waals surface area contributed by atoms with Crippen LogP contribution in [0, 0.1) is 0 Å². The Bertz CT molecular complexity index is 608. The van der Waals surface area contributed by atoms with Crippen molar-refractivity contribution in [2.75, 3.05) is 20.2 Å². The number of carbonyl (C=O) groups excluding carboxylic acids is 1. The molecule has 2 aromatic rings. The van der Waals surface area contributed by atoms with Gasteiger partial charge in [-0.1, -0.05) is 0 Å². The lowest BCUT2D eigenvalue weighted by Crippen LogP contribution is -2.53. The molecule has 0 spiro atoms. The molecular weight excluding hydrogens is 246 g/mol. The smallest absolute Gasteiger partial charge is 0.237 e. The second-order valence-electron chi connectivity index (χ2n) is 4.44. The van der Waals surface area contributed by atoms with E-state index >= 15 is 0 Å². The van der Waals surface area contributed by atoms with Crippen LogP contribution < -0.4 is 15.4 Å². The number of hydrogen-bond acceptors (Lipinski definition) is 5. The van der Waals surface area contributed by atoms with Crippen molar-refractivity contribution in [2.24, 2.45) is 0 Å². The molecule has 1 unspecified atom stereocenters. The molecule has 1 amide bonds. The molecule has 3 rings (SSSR count). The lowest BCUT2D eigenvalue weighted by molar-refractivity contribution is -0.124. The van der Waals surface area contributed by atoms with Gasteiger partial charge in [0.25, 0.3) is 0 Å². The van der Waals surface area contributed by atoms with E-state index in [9.17, 15) is 4.79 Å². The van der Waals surface area contributed by atoms with Crippen LogP contribution in [0.15, 0.2) is 22.6 Å². The summed E-state index contributed by atoms with van der Waals surface area (Å²) in [6, 6.07) is 5.19. The highest BCUT2D eigenvalue weighted by Crippen LogP contribution is 2.22. The molecule has 19 heavy (non-hydrogen) atoms. The Labute approximate surface area is 110 Å². The summed E-state index contributed by atoms with van der Waals surface area (Å²) in [4.78, 5) is 16.0. The molecule has 1 aliphatic heterocycles. The van der Waals surface area contributed by atoms with Crippen LogP contribution >= 0.6 is 0 Å². The Morgan fingerprint density at radius 2 is 2.37 bits per heavy atom. The minimum absolute atomic E-state index is 0.00825. The third-order valence-electron chi connectivity index (χ3n) is 3.15. The predicted octanol–water partition coefficient (Wildman–Crippen LogP) is 0.467. The molecule has 0 bridgehead atoms. The highest BCUT2D eigenvalue weighted by molar-refractivity contribution is 5.82. The van der Waals surface area contributed by atoms with Gasteiger partial charge >= 0.3 is 0 Å². The molecular formula is C13H15N3O3. The third-order valence-corrected chi connectivity index (χ3v) is 3.15. The van der Waals surface area contributed by atoms with E-state index in [1.165, 1.54) is 0 Å². The second kappa shape index (κ2) is 4.89. The van der Waals surface area contributed by atoms with Crippen molar-refractivity contribution in [3.8, 4) is 5.75 Å². The third kappa shape index (κ3) is 2.39. The predicted molar refractivity (Wildman–Crippen MR) is 69.1 cm³/mol. The summed E-state index contributed by atoms with van der Waals surface area (Å²) >= 11 is 0. The Morgan fingerprint density at radius 1 is 1.47 bits per heavy atom. The monoisotopic (exact) mass is 261 g/mol. The first kappa shape index (κ1) is 12.0. The molecule has 0 aliphatic carbocycles. The molecule has 2 heterocycles. The highest BCUT2D eigenvalue weighted by Gasteiger charge is 2.23. The molecule has 0 saturated carbocycles. The number of methoxy groups -OCH3 is 1. The van der Waals surface area contributed by atoms with Crippen molar-refractivity contribution in [3.63, 3.8) is 0 Å². The van der Waals surface area contributed by atoms with E-state index in [1.807, 2.05) is 12.1 Å². The van der Waals surface area contributed by atoms with E-state index in [0.29, 0.717) is 24.4 Å². The Balaban J connectivity index is 1.82. The van der Waals surface area contributed by atoms with E-state index < -0.39 is 0 Å². The zero-order valence-electron chi connectivity index (χ0n) is 10.6. The zero-order chi connectivity index (χ0) is 13.2. The summed E-state index contributed by atoms with van der Waals surface area (Å²) in [6.07, 6.45) is 0.447. The quantitative estimate of drug-likeness (QED) is 0.839. The summed E-state index contributed by atoms with van der Waals surface area (Å²) in [7, 11) is 1.61. The molecule has 1 atom stereocenters. The standard InChI is InChI=1S/C13H15N3O3/c1-18-8-2-3-9-11(6-8)19-12(16-9)7-10-13(17)15-5-4-14-10/h2-3,6,10,14H,4-5,7H2,1H3,(H,15,17). The summed E-state index contributed by atoms with van der Waals surface area (Å²) < 4.78 is 10.8. The van der Waals surface area contributed by atoms with Crippen molar-refractivity contribution in [2.45, 2.75) is 12.5 Å². The number of aromatic nitrogens is 1. The van der Waals surface area contributed by atoms with Crippen LogP contribution in [-0.4, -0.2) is 37.1 Å². The SMILES string of the molecule is COc1ccc2nc(CC3NCCNC3=O)oc2c1. The molecule has 100 valence electrons. The van der Waals surface area contributed by atoms with Gasteiger partial charge in [0.05, 0.1) is 13.2 Å². The lowest BCUT2D eigenvalue weighted by Gasteiger charge is -2.22. The van der Waals surface area contributed by atoms with Crippen LogP contribution in [0.1, 0.15) is 5.89 Å². The van der Waals surface area contributed by atoms with E-state index in [4.69, 9.17) is 9.15 Å². The molecule has 1 aliphatic rings. The molecule has 1 aromatic carbocycles. The van der Waals surface area contributed by atoms with Gasteiger partial charge < -0.3 is 19.8 Å². The minimum atomic E-state index is -0.274. The van der Waals surface area contributed by atoms with Gasteiger partial charge in [-0.2, -0.15) is 0 Å². The Hall–Kier alpha value is -2.08. The number of ether oxygens (including phenoxy) is 1. The van der Waals surface area contributed by atoms with E-state index in [2.05, 4.69) is 15.6 Å². The summed E-state index contributed by atoms with van der Waals surface area (Å²) in [5.74, 6) is 1.27. The van der Waals surface area contributed by atoms with Crippen LogP contribution in [0.5, 0.6) is 5.75 Å². The Kier molecular flexibility index (Phi) is 3.08.